The number of carbonyl (C=O) groups is 1. The van der Waals surface area contributed by atoms with Crippen LogP contribution in [0.3, 0.4) is 0 Å². The molecule has 0 radical (unpaired) electrons. The first kappa shape index (κ1) is 9.58. The fraction of sp³-hybridized carbons (Fsp3) is 0.556. The zero-order valence-electron chi connectivity index (χ0n) is 8.27. The molecule has 1 atom stereocenters. The first-order chi connectivity index (χ1) is 6.59. The van der Waals surface area contributed by atoms with Crippen LogP contribution in [0.5, 0.6) is 0 Å². The predicted octanol–water partition coefficient (Wildman–Crippen LogP) is 0.959. The summed E-state index contributed by atoms with van der Waals surface area (Å²) in [6.45, 7) is 3.46. The van der Waals surface area contributed by atoms with Crippen LogP contribution in [0.25, 0.3) is 0 Å². The minimum absolute atomic E-state index is 0.0454. The van der Waals surface area contributed by atoms with E-state index >= 15 is 0 Å². The van der Waals surface area contributed by atoms with Crippen molar-refractivity contribution in [1.82, 2.24) is 14.7 Å². The van der Waals surface area contributed by atoms with E-state index in [0.29, 0.717) is 5.69 Å². The van der Waals surface area contributed by atoms with Crippen molar-refractivity contribution in [3.05, 3.63) is 17.5 Å². The molecule has 14 heavy (non-hydrogen) atoms. The molecule has 1 aromatic heterocycles. The minimum atomic E-state index is 0.0454. The number of nitrogens with zero attached hydrogens (tertiary/aromatic N) is 3. The summed E-state index contributed by atoms with van der Waals surface area (Å²) in [5.41, 5.74) is 1.54. The molecule has 1 aliphatic rings. The molecule has 0 N–H and O–H groups in total. The smallest absolute Gasteiger partial charge is 0.271 e. The molecule has 0 saturated carbocycles. The fourth-order valence-corrected chi connectivity index (χ4v) is 1.65. The highest BCUT2D eigenvalue weighted by atomic mass is 32.1. The maximum absolute atomic E-state index is 11.7. The van der Waals surface area contributed by atoms with E-state index in [1.165, 1.54) is 0 Å². The molecule has 0 aliphatic carbocycles. The Labute approximate surface area is 88.3 Å². The molecule has 0 fully saturated rings. The molecule has 1 aromatic rings. The Morgan fingerprint density at radius 2 is 2.29 bits per heavy atom. The third kappa shape index (κ3) is 1.41. The second-order valence-electron chi connectivity index (χ2n) is 3.58. The monoisotopic (exact) mass is 211 g/mol. The topological polar surface area (TPSA) is 38.1 Å². The van der Waals surface area contributed by atoms with Gasteiger partial charge in [-0.1, -0.05) is 0 Å². The van der Waals surface area contributed by atoms with Gasteiger partial charge in [0.1, 0.15) is 5.69 Å². The van der Waals surface area contributed by atoms with Crippen LogP contribution in [-0.2, 0) is 6.54 Å². The summed E-state index contributed by atoms with van der Waals surface area (Å²) >= 11 is 4.30. The van der Waals surface area contributed by atoms with Gasteiger partial charge in [0.05, 0.1) is 12.2 Å². The third-order valence-corrected chi connectivity index (χ3v) is 2.70. The second kappa shape index (κ2) is 3.31. The molecule has 2 rings (SSSR count). The average molecular weight is 211 g/mol. The number of fused-ring (bicyclic) bond motifs is 1. The molecule has 0 saturated heterocycles. The molecule has 1 amide bonds. The summed E-state index contributed by atoms with van der Waals surface area (Å²) in [5, 5.41) is 4.40. The highest BCUT2D eigenvalue weighted by molar-refractivity contribution is 7.80. The third-order valence-electron chi connectivity index (χ3n) is 2.44. The highest BCUT2D eigenvalue weighted by Gasteiger charge is 2.24. The Hall–Kier alpha value is -0.970. The van der Waals surface area contributed by atoms with Gasteiger partial charge in [-0.25, -0.2) is 0 Å². The maximum atomic E-state index is 11.7. The summed E-state index contributed by atoms with van der Waals surface area (Å²) in [4.78, 5) is 13.4. The van der Waals surface area contributed by atoms with E-state index in [2.05, 4.69) is 17.7 Å². The van der Waals surface area contributed by atoms with E-state index in [1.54, 1.807) is 9.58 Å². The van der Waals surface area contributed by atoms with Gasteiger partial charge in [-0.3, -0.25) is 9.48 Å². The van der Waals surface area contributed by atoms with Gasteiger partial charge in [0.2, 0.25) is 0 Å². The lowest BCUT2D eigenvalue weighted by molar-refractivity contribution is 0.0743. The van der Waals surface area contributed by atoms with E-state index < -0.39 is 0 Å². The number of carbonyl (C=O) groups excluding carboxylic acids is 1. The summed E-state index contributed by atoms with van der Waals surface area (Å²) in [6.07, 6.45) is 0. The summed E-state index contributed by atoms with van der Waals surface area (Å²) in [6, 6.07) is 1.83. The van der Waals surface area contributed by atoms with Crippen molar-refractivity contribution in [3.63, 3.8) is 0 Å². The largest absolute Gasteiger partial charge is 0.339 e. The normalized spacial score (nSPS) is 18.2. The molecule has 1 aliphatic heterocycles. The molecule has 4 nitrogen and oxygen atoms in total. The number of likely N-dealkylation sites (N-methyl/N-ethyl adjacent to an activating group) is 1. The lowest BCUT2D eigenvalue weighted by Crippen LogP contribution is -2.37. The molecule has 2 heterocycles. The van der Waals surface area contributed by atoms with Crippen LogP contribution >= 0.6 is 12.6 Å². The van der Waals surface area contributed by atoms with Crippen LogP contribution in [0, 0.1) is 0 Å². The number of aromatic nitrogens is 2. The first-order valence-electron chi connectivity index (χ1n) is 4.61. The SMILES string of the molecule is CC(S)c1cc2n(n1)CCN(C)C2=O. The van der Waals surface area contributed by atoms with Gasteiger partial charge < -0.3 is 4.90 Å². The lowest BCUT2D eigenvalue weighted by Gasteiger charge is -2.22. The molecule has 5 heteroatoms. The van der Waals surface area contributed by atoms with Crippen molar-refractivity contribution in [2.45, 2.75) is 18.7 Å². The summed E-state index contributed by atoms with van der Waals surface area (Å²) < 4.78 is 1.77. The predicted molar refractivity (Wildman–Crippen MR) is 56.6 cm³/mol. The first-order valence-corrected chi connectivity index (χ1v) is 5.12. The van der Waals surface area contributed by atoms with Gasteiger partial charge in [-0.05, 0) is 13.0 Å². The maximum Gasteiger partial charge on any atom is 0.271 e. The van der Waals surface area contributed by atoms with Crippen LogP contribution in [0.2, 0.25) is 0 Å². The Morgan fingerprint density at radius 3 is 2.93 bits per heavy atom. The molecule has 0 spiro atoms. The zero-order valence-corrected chi connectivity index (χ0v) is 9.16. The van der Waals surface area contributed by atoms with Crippen molar-refractivity contribution in [3.8, 4) is 0 Å². The lowest BCUT2D eigenvalue weighted by atomic mass is 10.2. The Bertz CT molecular complexity index is 372. The van der Waals surface area contributed by atoms with E-state index in [-0.39, 0.29) is 11.2 Å². The van der Waals surface area contributed by atoms with Crippen molar-refractivity contribution in [1.29, 1.82) is 0 Å². The number of thiol groups is 1. The summed E-state index contributed by atoms with van der Waals surface area (Å²) in [5.74, 6) is 0.0454. The van der Waals surface area contributed by atoms with Gasteiger partial charge in [0.15, 0.2) is 0 Å². The van der Waals surface area contributed by atoms with E-state index in [0.717, 1.165) is 18.8 Å². The average Bonchev–Trinajstić information content (AvgIpc) is 2.56. The molecule has 76 valence electrons. The second-order valence-corrected chi connectivity index (χ2v) is 4.35. The van der Waals surface area contributed by atoms with Crippen molar-refractivity contribution < 1.29 is 4.79 Å². The Balaban J connectivity index is 2.41. The van der Waals surface area contributed by atoms with Crippen LogP contribution in [0.15, 0.2) is 6.07 Å². The van der Waals surface area contributed by atoms with E-state index in [1.807, 2.05) is 20.0 Å². The van der Waals surface area contributed by atoms with Crippen LogP contribution in [-0.4, -0.2) is 34.2 Å². The summed E-state index contributed by atoms with van der Waals surface area (Å²) in [7, 11) is 1.81. The van der Waals surface area contributed by atoms with E-state index in [9.17, 15) is 4.79 Å². The van der Waals surface area contributed by atoms with Crippen molar-refractivity contribution >= 4 is 18.5 Å². The van der Waals surface area contributed by atoms with Crippen LogP contribution in [0.4, 0.5) is 0 Å². The van der Waals surface area contributed by atoms with Gasteiger partial charge >= 0.3 is 0 Å². The van der Waals surface area contributed by atoms with Gasteiger partial charge in [-0.2, -0.15) is 17.7 Å². The molecule has 0 bridgehead atoms. The Kier molecular flexibility index (Phi) is 2.26. The fourth-order valence-electron chi connectivity index (χ4n) is 1.53. The molecule has 0 aromatic carbocycles. The van der Waals surface area contributed by atoms with Crippen molar-refractivity contribution in [2.75, 3.05) is 13.6 Å². The zero-order chi connectivity index (χ0) is 10.3. The highest BCUT2D eigenvalue weighted by Crippen LogP contribution is 2.20. The van der Waals surface area contributed by atoms with Crippen LogP contribution < -0.4 is 0 Å². The molecular formula is C9H13N3OS. The molecular weight excluding hydrogens is 198 g/mol. The Morgan fingerprint density at radius 1 is 1.57 bits per heavy atom. The minimum Gasteiger partial charge on any atom is -0.339 e. The van der Waals surface area contributed by atoms with Gasteiger partial charge in [0.25, 0.3) is 5.91 Å². The molecule has 1 unspecified atom stereocenters. The number of hydrogen-bond donors (Lipinski definition) is 1. The standard InChI is InChI=1S/C9H13N3OS/c1-6(14)7-5-8-9(13)11(2)3-4-12(8)10-7/h5-6,14H,3-4H2,1-2H3. The number of amides is 1. The van der Waals surface area contributed by atoms with Gasteiger partial charge in [-0.15, -0.1) is 0 Å². The van der Waals surface area contributed by atoms with Gasteiger partial charge in [0, 0.05) is 18.8 Å². The quantitative estimate of drug-likeness (QED) is 0.703. The van der Waals surface area contributed by atoms with Crippen LogP contribution in [0.1, 0.15) is 28.4 Å². The number of hydrogen-bond acceptors (Lipinski definition) is 3. The van der Waals surface area contributed by atoms with E-state index in [4.69, 9.17) is 0 Å². The number of rotatable bonds is 1. The van der Waals surface area contributed by atoms with Crippen molar-refractivity contribution in [2.24, 2.45) is 0 Å².